The maximum Gasteiger partial charge on any atom is 0.211 e. The van der Waals surface area contributed by atoms with Gasteiger partial charge in [-0.1, -0.05) is 0 Å². The summed E-state index contributed by atoms with van der Waals surface area (Å²) < 4.78 is 33.0. The Kier molecular flexibility index (Phi) is 5.53. The van der Waals surface area contributed by atoms with Crippen molar-refractivity contribution < 1.29 is 13.2 Å². The fourth-order valence-corrected chi connectivity index (χ4v) is 5.25. The van der Waals surface area contributed by atoms with Gasteiger partial charge in [0.1, 0.15) is 0 Å². The van der Waals surface area contributed by atoms with Crippen LogP contribution < -0.4 is 0 Å². The minimum Gasteiger partial charge on any atom is -0.384 e. The van der Waals surface area contributed by atoms with Gasteiger partial charge in [-0.2, -0.15) is 5.10 Å². The second-order valence-corrected chi connectivity index (χ2v) is 9.53. The zero-order chi connectivity index (χ0) is 18.1. The topological polar surface area (TPSA) is 67.7 Å². The summed E-state index contributed by atoms with van der Waals surface area (Å²) in [6, 6.07) is 0. The number of piperidine rings is 1. The van der Waals surface area contributed by atoms with Crippen LogP contribution in [0.4, 0.5) is 0 Å². The molecule has 0 amide bonds. The Morgan fingerprint density at radius 2 is 2.08 bits per heavy atom. The minimum absolute atomic E-state index is 0.0587. The van der Waals surface area contributed by atoms with Gasteiger partial charge in [-0.3, -0.25) is 9.58 Å². The standard InChI is InChI=1S/C17H30N4O3S/c1-4-20-11-15(9-18-20)10-19-7-5-17(6-8-19)14-21(25(3,22)23)12-16(17)13-24-2/h9,11,16H,4-8,10,12-14H2,1-3H3. The van der Waals surface area contributed by atoms with Crippen molar-refractivity contribution in [1.29, 1.82) is 0 Å². The predicted molar refractivity (Wildman–Crippen MR) is 96.6 cm³/mol. The highest BCUT2D eigenvalue weighted by atomic mass is 32.2. The van der Waals surface area contributed by atoms with Crippen LogP contribution in [0.3, 0.4) is 0 Å². The summed E-state index contributed by atoms with van der Waals surface area (Å²) in [6.07, 6.45) is 7.42. The van der Waals surface area contributed by atoms with Crippen LogP contribution in [0.1, 0.15) is 25.3 Å². The van der Waals surface area contributed by atoms with Gasteiger partial charge in [-0.05, 0) is 38.3 Å². The van der Waals surface area contributed by atoms with Crippen LogP contribution in [0, 0.1) is 11.3 Å². The molecular weight excluding hydrogens is 340 g/mol. The smallest absolute Gasteiger partial charge is 0.211 e. The first kappa shape index (κ1) is 18.8. The summed E-state index contributed by atoms with van der Waals surface area (Å²) in [5.41, 5.74) is 1.30. The van der Waals surface area contributed by atoms with Crippen molar-refractivity contribution in [3.8, 4) is 0 Å². The number of hydrogen-bond donors (Lipinski definition) is 0. The van der Waals surface area contributed by atoms with E-state index in [0.29, 0.717) is 19.7 Å². The Balaban J connectivity index is 1.64. The number of ether oxygens (including phenoxy) is 1. The molecule has 1 spiro atoms. The molecule has 2 saturated heterocycles. The normalized spacial score (nSPS) is 25.0. The van der Waals surface area contributed by atoms with Crippen molar-refractivity contribution in [1.82, 2.24) is 19.0 Å². The first-order valence-electron chi connectivity index (χ1n) is 9.04. The van der Waals surface area contributed by atoms with Crippen LogP contribution in [-0.4, -0.2) is 73.6 Å². The first-order valence-corrected chi connectivity index (χ1v) is 10.9. The average molecular weight is 371 g/mol. The maximum atomic E-state index is 12.0. The monoisotopic (exact) mass is 370 g/mol. The second kappa shape index (κ2) is 7.34. The lowest BCUT2D eigenvalue weighted by atomic mass is 9.71. The van der Waals surface area contributed by atoms with E-state index in [1.807, 2.05) is 10.9 Å². The molecule has 0 aliphatic carbocycles. The molecular formula is C17H30N4O3S. The summed E-state index contributed by atoms with van der Waals surface area (Å²) in [6.45, 7) is 7.76. The molecule has 142 valence electrons. The molecule has 1 unspecified atom stereocenters. The Morgan fingerprint density at radius 1 is 1.36 bits per heavy atom. The fourth-order valence-electron chi connectivity index (χ4n) is 4.31. The molecule has 8 heteroatoms. The van der Waals surface area contributed by atoms with Crippen molar-refractivity contribution in [2.45, 2.75) is 32.9 Å². The predicted octanol–water partition coefficient (Wildman–Crippen LogP) is 1.02. The van der Waals surface area contributed by atoms with Gasteiger partial charge in [0.2, 0.25) is 10.0 Å². The number of sulfonamides is 1. The Bertz CT molecular complexity index is 680. The van der Waals surface area contributed by atoms with Crippen LogP contribution in [0.15, 0.2) is 12.4 Å². The van der Waals surface area contributed by atoms with E-state index in [2.05, 4.69) is 23.1 Å². The highest BCUT2D eigenvalue weighted by Gasteiger charge is 2.49. The van der Waals surface area contributed by atoms with Crippen molar-refractivity contribution in [2.24, 2.45) is 11.3 Å². The van der Waals surface area contributed by atoms with Crippen molar-refractivity contribution in [2.75, 3.05) is 46.2 Å². The number of aromatic nitrogens is 2. The number of hydrogen-bond acceptors (Lipinski definition) is 5. The molecule has 1 atom stereocenters. The van der Waals surface area contributed by atoms with Gasteiger partial charge in [0.05, 0.1) is 19.1 Å². The van der Waals surface area contributed by atoms with Gasteiger partial charge >= 0.3 is 0 Å². The zero-order valence-electron chi connectivity index (χ0n) is 15.5. The Hall–Kier alpha value is -0.960. The van der Waals surface area contributed by atoms with E-state index in [9.17, 15) is 8.42 Å². The molecule has 0 N–H and O–H groups in total. The van der Waals surface area contributed by atoms with Gasteiger partial charge < -0.3 is 4.74 Å². The van der Waals surface area contributed by atoms with Gasteiger partial charge in [0, 0.05) is 51.0 Å². The first-order chi connectivity index (χ1) is 11.9. The molecule has 0 aromatic carbocycles. The quantitative estimate of drug-likeness (QED) is 0.748. The largest absolute Gasteiger partial charge is 0.384 e. The number of methoxy groups -OCH3 is 1. The maximum absolute atomic E-state index is 12.0. The molecule has 1 aromatic rings. The number of aryl methyl sites for hydroxylation is 1. The van der Waals surface area contributed by atoms with Gasteiger partial charge in [-0.15, -0.1) is 0 Å². The van der Waals surface area contributed by atoms with E-state index >= 15 is 0 Å². The lowest BCUT2D eigenvalue weighted by molar-refractivity contribution is 0.0357. The highest BCUT2D eigenvalue weighted by molar-refractivity contribution is 7.88. The molecule has 2 fully saturated rings. The van der Waals surface area contributed by atoms with Crippen LogP contribution in [0.5, 0.6) is 0 Å². The molecule has 3 heterocycles. The van der Waals surface area contributed by atoms with E-state index in [1.165, 1.54) is 11.8 Å². The van der Waals surface area contributed by atoms with E-state index in [-0.39, 0.29) is 11.3 Å². The summed E-state index contributed by atoms with van der Waals surface area (Å²) >= 11 is 0. The van der Waals surface area contributed by atoms with Crippen LogP contribution in [0.25, 0.3) is 0 Å². The lowest BCUT2D eigenvalue weighted by Gasteiger charge is -2.42. The third-order valence-electron chi connectivity index (χ3n) is 5.89. The van der Waals surface area contributed by atoms with Crippen LogP contribution in [-0.2, 0) is 27.8 Å². The third-order valence-corrected chi connectivity index (χ3v) is 7.10. The van der Waals surface area contributed by atoms with Crippen molar-refractivity contribution in [3.05, 3.63) is 18.0 Å². The third kappa shape index (κ3) is 4.07. The second-order valence-electron chi connectivity index (χ2n) is 7.55. The van der Waals surface area contributed by atoms with Crippen molar-refractivity contribution >= 4 is 10.0 Å². The van der Waals surface area contributed by atoms with Gasteiger partial charge in [0.25, 0.3) is 0 Å². The van der Waals surface area contributed by atoms with E-state index in [0.717, 1.165) is 39.0 Å². The summed E-state index contributed by atoms with van der Waals surface area (Å²) in [7, 11) is -1.43. The zero-order valence-corrected chi connectivity index (χ0v) is 16.3. The SMILES string of the molecule is CCn1cc(CN2CCC3(CC2)CN(S(C)(=O)=O)CC3COC)cn1. The van der Waals surface area contributed by atoms with Gasteiger partial charge in [0.15, 0.2) is 0 Å². The van der Waals surface area contributed by atoms with Crippen LogP contribution >= 0.6 is 0 Å². The molecule has 0 radical (unpaired) electrons. The fraction of sp³-hybridized carbons (Fsp3) is 0.824. The average Bonchev–Trinajstić information content (AvgIpc) is 3.15. The molecule has 1 aromatic heterocycles. The summed E-state index contributed by atoms with van der Waals surface area (Å²) in [5.74, 6) is 0.289. The highest BCUT2D eigenvalue weighted by Crippen LogP contribution is 2.45. The number of likely N-dealkylation sites (tertiary alicyclic amines) is 1. The summed E-state index contributed by atoms with van der Waals surface area (Å²) in [4.78, 5) is 2.45. The van der Waals surface area contributed by atoms with E-state index < -0.39 is 10.0 Å². The van der Waals surface area contributed by atoms with Crippen LogP contribution in [0.2, 0.25) is 0 Å². The van der Waals surface area contributed by atoms with Gasteiger partial charge in [-0.25, -0.2) is 12.7 Å². The molecule has 3 rings (SSSR count). The number of rotatable bonds is 6. The Labute approximate surface area is 151 Å². The molecule has 25 heavy (non-hydrogen) atoms. The van der Waals surface area contributed by atoms with Crippen molar-refractivity contribution in [3.63, 3.8) is 0 Å². The summed E-state index contributed by atoms with van der Waals surface area (Å²) in [5, 5.41) is 4.34. The molecule has 2 aliphatic rings. The lowest BCUT2D eigenvalue weighted by Crippen LogP contribution is -2.45. The molecule has 7 nitrogen and oxygen atoms in total. The molecule has 2 aliphatic heterocycles. The Morgan fingerprint density at radius 3 is 2.64 bits per heavy atom. The minimum atomic E-state index is -3.14. The molecule has 0 bridgehead atoms. The van der Waals surface area contributed by atoms with E-state index in [1.54, 1.807) is 11.4 Å². The number of nitrogens with zero attached hydrogens (tertiary/aromatic N) is 4. The van der Waals surface area contributed by atoms with E-state index in [4.69, 9.17) is 4.74 Å². The molecule has 0 saturated carbocycles.